The number of halogens is 1. The number of hydrogen-bond acceptors (Lipinski definition) is 4. The first-order valence-electron chi connectivity index (χ1n) is 8.70. The number of carbonyl (C=O) groups is 1. The number of aliphatic hydroxyl groups is 1. The zero-order valence-corrected chi connectivity index (χ0v) is 15.8. The van der Waals surface area contributed by atoms with Crippen LogP contribution in [0.1, 0.15) is 27.9 Å². The Morgan fingerprint density at radius 2 is 2.04 bits per heavy atom. The Bertz CT molecular complexity index is 808. The molecule has 1 saturated heterocycles. The van der Waals surface area contributed by atoms with Gasteiger partial charge in [0, 0.05) is 24.0 Å². The molecule has 0 aromatic heterocycles. The topological polar surface area (TPSA) is 59.0 Å². The quantitative estimate of drug-likeness (QED) is 0.829. The van der Waals surface area contributed by atoms with Gasteiger partial charge in [0.05, 0.1) is 18.8 Å². The molecular weight excluding hydrogens is 398 g/mol. The van der Waals surface area contributed by atoms with Gasteiger partial charge in [0.2, 0.25) is 0 Å². The van der Waals surface area contributed by atoms with E-state index in [9.17, 15) is 9.90 Å². The van der Waals surface area contributed by atoms with Crippen molar-refractivity contribution in [1.29, 1.82) is 0 Å². The Morgan fingerprint density at radius 3 is 2.81 bits per heavy atom. The van der Waals surface area contributed by atoms with E-state index < -0.39 is 6.10 Å². The lowest BCUT2D eigenvalue weighted by Crippen LogP contribution is -2.40. The zero-order chi connectivity index (χ0) is 18.1. The third-order valence-corrected chi connectivity index (χ3v) is 5.33. The smallest absolute Gasteiger partial charge is 0.258 e. The molecule has 1 N–H and O–H groups in total. The van der Waals surface area contributed by atoms with Crippen LogP contribution in [0, 0.1) is 0 Å². The maximum absolute atomic E-state index is 13.0. The number of amides is 1. The summed E-state index contributed by atoms with van der Waals surface area (Å²) in [5.41, 5.74) is 2.66. The molecule has 26 heavy (non-hydrogen) atoms. The monoisotopic (exact) mass is 417 g/mol. The van der Waals surface area contributed by atoms with Gasteiger partial charge in [0.25, 0.3) is 5.91 Å². The van der Waals surface area contributed by atoms with Crippen molar-refractivity contribution in [2.75, 3.05) is 13.2 Å². The van der Waals surface area contributed by atoms with Crippen LogP contribution in [0.5, 0.6) is 5.75 Å². The molecule has 0 aliphatic carbocycles. The number of benzene rings is 2. The van der Waals surface area contributed by atoms with Crippen LogP contribution in [0.4, 0.5) is 0 Å². The van der Waals surface area contributed by atoms with Gasteiger partial charge in [0.15, 0.2) is 0 Å². The highest BCUT2D eigenvalue weighted by molar-refractivity contribution is 9.10. The largest absolute Gasteiger partial charge is 0.487 e. The van der Waals surface area contributed by atoms with Gasteiger partial charge >= 0.3 is 0 Å². The van der Waals surface area contributed by atoms with Crippen LogP contribution < -0.4 is 4.74 Å². The van der Waals surface area contributed by atoms with Gasteiger partial charge in [-0.05, 0) is 29.3 Å². The molecular formula is C20H20BrNO4. The Morgan fingerprint density at radius 1 is 1.23 bits per heavy atom. The normalized spacial score (nSPS) is 22.4. The number of ether oxygens (including phenoxy) is 2. The summed E-state index contributed by atoms with van der Waals surface area (Å²) in [6.45, 7) is 1.95. The molecule has 2 aromatic rings. The number of rotatable bonds is 4. The molecule has 2 atom stereocenters. The summed E-state index contributed by atoms with van der Waals surface area (Å²) in [6, 6.07) is 13.6. The van der Waals surface area contributed by atoms with Crippen molar-refractivity contribution in [3.8, 4) is 5.75 Å². The minimum atomic E-state index is -0.671. The van der Waals surface area contributed by atoms with E-state index in [4.69, 9.17) is 9.47 Å². The van der Waals surface area contributed by atoms with E-state index in [1.165, 1.54) is 0 Å². The fraction of sp³-hybridized carbons (Fsp3) is 0.350. The zero-order valence-electron chi connectivity index (χ0n) is 14.2. The molecule has 0 saturated carbocycles. The highest BCUT2D eigenvalue weighted by Crippen LogP contribution is 2.33. The summed E-state index contributed by atoms with van der Waals surface area (Å²) in [5.74, 6) is 0.525. The second-order valence-electron chi connectivity index (χ2n) is 6.67. The van der Waals surface area contributed by atoms with Crippen LogP contribution >= 0.6 is 15.9 Å². The molecule has 1 amide bonds. The molecule has 2 heterocycles. The van der Waals surface area contributed by atoms with Crippen LogP contribution in [0.2, 0.25) is 0 Å². The van der Waals surface area contributed by atoms with Crippen LogP contribution in [0.15, 0.2) is 46.9 Å². The van der Waals surface area contributed by atoms with Crippen molar-refractivity contribution in [1.82, 2.24) is 4.90 Å². The molecule has 2 aliphatic heterocycles. The molecule has 2 aliphatic rings. The maximum Gasteiger partial charge on any atom is 0.258 e. The summed E-state index contributed by atoms with van der Waals surface area (Å²) in [4.78, 5) is 14.8. The summed E-state index contributed by atoms with van der Waals surface area (Å²) in [6.07, 6.45) is -0.402. The molecule has 4 rings (SSSR count). The van der Waals surface area contributed by atoms with Gasteiger partial charge in [-0.2, -0.15) is 0 Å². The second kappa shape index (κ2) is 7.39. The molecule has 5 nitrogen and oxygen atoms in total. The van der Waals surface area contributed by atoms with E-state index in [1.807, 2.05) is 47.4 Å². The van der Waals surface area contributed by atoms with Gasteiger partial charge in [-0.15, -0.1) is 0 Å². The summed E-state index contributed by atoms with van der Waals surface area (Å²) >= 11 is 3.43. The molecule has 6 heteroatoms. The van der Waals surface area contributed by atoms with E-state index >= 15 is 0 Å². The molecule has 2 aromatic carbocycles. The van der Waals surface area contributed by atoms with Gasteiger partial charge < -0.3 is 19.5 Å². The van der Waals surface area contributed by atoms with Gasteiger partial charge in [-0.3, -0.25) is 4.79 Å². The molecule has 0 spiro atoms. The average Bonchev–Trinajstić information content (AvgIpc) is 2.96. The first kappa shape index (κ1) is 17.5. The highest BCUT2D eigenvalue weighted by Gasteiger charge is 2.33. The highest BCUT2D eigenvalue weighted by atomic mass is 79.9. The van der Waals surface area contributed by atoms with E-state index in [-0.39, 0.29) is 18.6 Å². The van der Waals surface area contributed by atoms with Gasteiger partial charge in [0.1, 0.15) is 18.0 Å². The lowest BCUT2D eigenvalue weighted by Gasteiger charge is -2.28. The van der Waals surface area contributed by atoms with Crippen LogP contribution in [-0.4, -0.2) is 41.3 Å². The first-order chi connectivity index (χ1) is 12.6. The molecule has 0 radical (unpaired) electrons. The number of fused-ring (bicyclic) bond motifs is 1. The van der Waals surface area contributed by atoms with E-state index in [2.05, 4.69) is 15.9 Å². The maximum atomic E-state index is 13.0. The summed E-state index contributed by atoms with van der Waals surface area (Å²) in [5, 5.41) is 10.1. The fourth-order valence-corrected chi connectivity index (χ4v) is 3.69. The van der Waals surface area contributed by atoms with Crippen molar-refractivity contribution < 1.29 is 19.4 Å². The third kappa shape index (κ3) is 3.49. The van der Waals surface area contributed by atoms with E-state index in [0.29, 0.717) is 37.4 Å². The van der Waals surface area contributed by atoms with Crippen molar-refractivity contribution in [3.63, 3.8) is 0 Å². The van der Waals surface area contributed by atoms with E-state index in [0.717, 1.165) is 15.6 Å². The fourth-order valence-electron chi connectivity index (χ4n) is 3.43. The lowest BCUT2D eigenvalue weighted by atomic mass is 10.1. The summed E-state index contributed by atoms with van der Waals surface area (Å²) in [7, 11) is 0. The predicted octanol–water partition coefficient (Wildman–Crippen LogP) is 3.13. The SMILES string of the molecule is O=C1c2c(cccc2O[C@@H]2CCOC[C@H]2O)CN1Cc1ccc(Br)cc1. The van der Waals surface area contributed by atoms with Crippen molar-refractivity contribution in [2.24, 2.45) is 0 Å². The van der Waals surface area contributed by atoms with Crippen molar-refractivity contribution in [3.05, 3.63) is 63.6 Å². The Balaban J connectivity index is 1.53. The minimum absolute atomic E-state index is 0.0277. The van der Waals surface area contributed by atoms with E-state index in [1.54, 1.807) is 0 Å². The molecule has 1 fully saturated rings. The standard InChI is InChI=1S/C20H20BrNO4/c21-15-6-4-13(5-7-15)10-22-11-14-2-1-3-18(19(14)20(22)24)26-17-8-9-25-12-16(17)23/h1-7,16-17,23H,8-12H2/t16-,17-/m1/s1. The van der Waals surface area contributed by atoms with Gasteiger partial charge in [-0.25, -0.2) is 0 Å². The van der Waals surface area contributed by atoms with Crippen molar-refractivity contribution in [2.45, 2.75) is 31.7 Å². The Labute approximate surface area is 160 Å². The third-order valence-electron chi connectivity index (χ3n) is 4.80. The lowest BCUT2D eigenvalue weighted by molar-refractivity contribution is -0.0752. The number of carbonyl (C=O) groups excluding carboxylic acids is 1. The van der Waals surface area contributed by atoms with Crippen LogP contribution in [0.25, 0.3) is 0 Å². The minimum Gasteiger partial charge on any atom is -0.487 e. The predicted molar refractivity (Wildman–Crippen MR) is 100 cm³/mol. The van der Waals surface area contributed by atoms with Crippen LogP contribution in [0.3, 0.4) is 0 Å². The van der Waals surface area contributed by atoms with Crippen LogP contribution in [-0.2, 0) is 17.8 Å². The Hall–Kier alpha value is -1.89. The first-order valence-corrected chi connectivity index (χ1v) is 9.49. The van der Waals surface area contributed by atoms with Gasteiger partial charge in [-0.1, -0.05) is 40.2 Å². The average molecular weight is 418 g/mol. The summed E-state index contributed by atoms with van der Waals surface area (Å²) < 4.78 is 12.3. The molecule has 0 unspecified atom stereocenters. The van der Waals surface area contributed by atoms with Crippen molar-refractivity contribution >= 4 is 21.8 Å². The Kier molecular flexibility index (Phi) is 4.98. The number of nitrogens with zero attached hydrogens (tertiary/aromatic N) is 1. The number of hydrogen-bond donors (Lipinski definition) is 1. The molecule has 136 valence electrons. The second-order valence-corrected chi connectivity index (χ2v) is 7.58. The number of aliphatic hydroxyl groups excluding tert-OH is 1. The molecule has 0 bridgehead atoms.